The van der Waals surface area contributed by atoms with Crippen LogP contribution in [0, 0.1) is 5.92 Å². The number of hydrogen-bond donors (Lipinski definition) is 1. The Balaban J connectivity index is 1.61. The highest BCUT2D eigenvalue weighted by molar-refractivity contribution is 5.91. The lowest BCUT2D eigenvalue weighted by atomic mass is 9.92. The van der Waals surface area contributed by atoms with E-state index in [-0.39, 0.29) is 23.7 Å². The summed E-state index contributed by atoms with van der Waals surface area (Å²) in [4.78, 5) is 12.2. The van der Waals surface area contributed by atoms with E-state index in [0.717, 1.165) is 25.1 Å². The molecule has 3 rings (SSSR count). The summed E-state index contributed by atoms with van der Waals surface area (Å²) in [6, 6.07) is 3.45. The molecule has 1 aliphatic rings. The second kappa shape index (κ2) is 7.48. The first kappa shape index (κ1) is 16.5. The standard InChI is InChI=1S/C16H22N4O4/c1-3-22-14-9-13(24-19-14)16(21)17-10-11-5-4-8-23-15(11)12-6-7-18-20(12)2/h6-7,9,11,15H,3-5,8,10H2,1-2H3,(H,17,21)/t11-,15+/m0/s1. The lowest BCUT2D eigenvalue weighted by molar-refractivity contribution is -0.0317. The van der Waals surface area contributed by atoms with Crippen LogP contribution in [0.25, 0.3) is 0 Å². The van der Waals surface area contributed by atoms with Crippen LogP contribution in [0.4, 0.5) is 0 Å². The second-order valence-corrected chi connectivity index (χ2v) is 5.75. The lowest BCUT2D eigenvalue weighted by Crippen LogP contribution is -2.35. The van der Waals surface area contributed by atoms with E-state index in [1.54, 1.807) is 6.20 Å². The van der Waals surface area contributed by atoms with Gasteiger partial charge in [-0.1, -0.05) is 0 Å². The monoisotopic (exact) mass is 334 g/mol. The lowest BCUT2D eigenvalue weighted by Gasteiger charge is -2.31. The Morgan fingerprint density at radius 1 is 1.54 bits per heavy atom. The number of aromatic nitrogens is 3. The molecule has 2 atom stereocenters. The van der Waals surface area contributed by atoms with Gasteiger partial charge in [0.15, 0.2) is 0 Å². The van der Waals surface area contributed by atoms with Crippen LogP contribution in [-0.2, 0) is 11.8 Å². The average molecular weight is 334 g/mol. The van der Waals surface area contributed by atoms with E-state index in [9.17, 15) is 4.79 Å². The van der Waals surface area contributed by atoms with Gasteiger partial charge in [-0.05, 0) is 31.0 Å². The quantitative estimate of drug-likeness (QED) is 0.864. The Labute approximate surface area is 140 Å². The molecule has 0 aliphatic carbocycles. The maximum absolute atomic E-state index is 12.2. The van der Waals surface area contributed by atoms with Crippen molar-refractivity contribution >= 4 is 5.91 Å². The molecule has 1 N–H and O–H groups in total. The molecule has 130 valence electrons. The summed E-state index contributed by atoms with van der Waals surface area (Å²) in [7, 11) is 1.90. The van der Waals surface area contributed by atoms with E-state index in [1.165, 1.54) is 6.07 Å². The smallest absolute Gasteiger partial charge is 0.290 e. The molecule has 3 heterocycles. The fourth-order valence-corrected chi connectivity index (χ4v) is 2.94. The Morgan fingerprint density at radius 2 is 2.42 bits per heavy atom. The first-order valence-corrected chi connectivity index (χ1v) is 8.16. The number of amides is 1. The zero-order chi connectivity index (χ0) is 16.9. The van der Waals surface area contributed by atoms with E-state index >= 15 is 0 Å². The van der Waals surface area contributed by atoms with E-state index in [4.69, 9.17) is 14.0 Å². The maximum atomic E-state index is 12.2. The van der Waals surface area contributed by atoms with Crippen molar-refractivity contribution in [2.75, 3.05) is 19.8 Å². The van der Waals surface area contributed by atoms with Crippen LogP contribution in [0.3, 0.4) is 0 Å². The molecule has 1 amide bonds. The zero-order valence-corrected chi connectivity index (χ0v) is 13.9. The summed E-state index contributed by atoms with van der Waals surface area (Å²) in [6.07, 6.45) is 3.65. The highest BCUT2D eigenvalue weighted by Crippen LogP contribution is 2.32. The van der Waals surface area contributed by atoms with Gasteiger partial charge in [-0.3, -0.25) is 9.48 Å². The van der Waals surface area contributed by atoms with E-state index < -0.39 is 0 Å². The summed E-state index contributed by atoms with van der Waals surface area (Å²) in [5.74, 6) is 0.346. The highest BCUT2D eigenvalue weighted by Gasteiger charge is 2.30. The summed E-state index contributed by atoms with van der Waals surface area (Å²) < 4.78 is 17.9. The van der Waals surface area contributed by atoms with Crippen molar-refractivity contribution in [3.63, 3.8) is 0 Å². The van der Waals surface area contributed by atoms with Gasteiger partial charge in [-0.2, -0.15) is 5.10 Å². The Bertz CT molecular complexity index is 681. The molecule has 1 saturated heterocycles. The summed E-state index contributed by atoms with van der Waals surface area (Å²) in [5.41, 5.74) is 1.02. The third-order valence-corrected chi connectivity index (χ3v) is 4.12. The van der Waals surface area contributed by atoms with Gasteiger partial charge in [0.05, 0.1) is 18.4 Å². The first-order chi connectivity index (χ1) is 11.7. The van der Waals surface area contributed by atoms with Gasteiger partial charge in [0.1, 0.15) is 6.10 Å². The number of hydrogen-bond acceptors (Lipinski definition) is 6. The van der Waals surface area contributed by atoms with Gasteiger partial charge in [0.25, 0.3) is 11.8 Å². The van der Waals surface area contributed by atoms with Crippen LogP contribution >= 0.6 is 0 Å². The molecular formula is C16H22N4O4. The minimum atomic E-state index is -0.303. The van der Waals surface area contributed by atoms with Gasteiger partial charge in [-0.15, -0.1) is 0 Å². The first-order valence-electron chi connectivity index (χ1n) is 8.16. The molecule has 8 heteroatoms. The number of aryl methyl sites for hydroxylation is 1. The van der Waals surface area contributed by atoms with Crippen LogP contribution in [0.1, 0.15) is 42.1 Å². The number of ether oxygens (including phenoxy) is 2. The predicted octanol–water partition coefficient (Wildman–Crippen LogP) is 1.70. The van der Waals surface area contributed by atoms with Gasteiger partial charge >= 0.3 is 0 Å². The fourth-order valence-electron chi connectivity index (χ4n) is 2.94. The van der Waals surface area contributed by atoms with Crippen LogP contribution < -0.4 is 10.1 Å². The molecule has 0 radical (unpaired) electrons. The average Bonchev–Trinajstić information content (AvgIpc) is 3.22. The molecule has 0 unspecified atom stereocenters. The maximum Gasteiger partial charge on any atom is 0.290 e. The van der Waals surface area contributed by atoms with Crippen molar-refractivity contribution in [2.24, 2.45) is 13.0 Å². The molecule has 2 aromatic heterocycles. The minimum Gasteiger partial charge on any atom is -0.476 e. The van der Waals surface area contributed by atoms with Crippen molar-refractivity contribution in [1.82, 2.24) is 20.3 Å². The molecule has 0 aromatic carbocycles. The predicted molar refractivity (Wildman–Crippen MR) is 84.6 cm³/mol. The molecule has 1 aliphatic heterocycles. The van der Waals surface area contributed by atoms with Crippen molar-refractivity contribution in [2.45, 2.75) is 25.9 Å². The number of nitrogens with one attached hydrogen (secondary N) is 1. The molecule has 8 nitrogen and oxygen atoms in total. The van der Waals surface area contributed by atoms with E-state index in [0.29, 0.717) is 19.0 Å². The molecular weight excluding hydrogens is 312 g/mol. The molecule has 1 fully saturated rings. The third-order valence-electron chi connectivity index (χ3n) is 4.12. The minimum absolute atomic E-state index is 0.0692. The Morgan fingerprint density at radius 3 is 3.17 bits per heavy atom. The number of nitrogens with zero attached hydrogens (tertiary/aromatic N) is 3. The topological polar surface area (TPSA) is 91.4 Å². The van der Waals surface area contributed by atoms with Gasteiger partial charge in [0.2, 0.25) is 5.76 Å². The zero-order valence-electron chi connectivity index (χ0n) is 13.9. The van der Waals surface area contributed by atoms with Crippen molar-refractivity contribution in [3.05, 3.63) is 29.8 Å². The number of carbonyl (C=O) groups is 1. The van der Waals surface area contributed by atoms with Gasteiger partial charge in [0, 0.05) is 32.3 Å². The van der Waals surface area contributed by atoms with Gasteiger partial charge < -0.3 is 19.3 Å². The SMILES string of the molecule is CCOc1cc(C(=O)NC[C@@H]2CCCO[C@H]2c2ccnn2C)on1. The van der Waals surface area contributed by atoms with Crippen LogP contribution in [0.15, 0.2) is 22.9 Å². The van der Waals surface area contributed by atoms with Crippen LogP contribution in [-0.4, -0.2) is 40.6 Å². The van der Waals surface area contributed by atoms with Crippen molar-refractivity contribution in [3.8, 4) is 5.88 Å². The fraction of sp³-hybridized carbons (Fsp3) is 0.562. The van der Waals surface area contributed by atoms with Crippen LogP contribution in [0.5, 0.6) is 5.88 Å². The largest absolute Gasteiger partial charge is 0.476 e. The van der Waals surface area contributed by atoms with E-state index in [1.807, 2.05) is 24.7 Å². The number of carbonyl (C=O) groups excluding carboxylic acids is 1. The van der Waals surface area contributed by atoms with Crippen molar-refractivity contribution in [1.29, 1.82) is 0 Å². The summed E-state index contributed by atoms with van der Waals surface area (Å²) in [6.45, 7) is 3.54. The Kier molecular flexibility index (Phi) is 5.14. The molecule has 0 bridgehead atoms. The molecule has 24 heavy (non-hydrogen) atoms. The summed E-state index contributed by atoms with van der Waals surface area (Å²) in [5, 5.41) is 10.8. The second-order valence-electron chi connectivity index (χ2n) is 5.75. The van der Waals surface area contributed by atoms with Crippen molar-refractivity contribution < 1.29 is 18.8 Å². The highest BCUT2D eigenvalue weighted by atomic mass is 16.5. The Hall–Kier alpha value is -2.35. The van der Waals surface area contributed by atoms with E-state index in [2.05, 4.69) is 15.6 Å². The number of rotatable bonds is 6. The molecule has 0 saturated carbocycles. The summed E-state index contributed by atoms with van der Waals surface area (Å²) >= 11 is 0. The third kappa shape index (κ3) is 3.59. The van der Waals surface area contributed by atoms with Gasteiger partial charge in [-0.25, -0.2) is 0 Å². The van der Waals surface area contributed by atoms with Crippen LogP contribution in [0.2, 0.25) is 0 Å². The molecule has 0 spiro atoms. The molecule has 2 aromatic rings. The normalized spacial score (nSPS) is 20.8.